The number of rotatable bonds is 6. The van der Waals surface area contributed by atoms with Gasteiger partial charge in [0.1, 0.15) is 12.4 Å². The summed E-state index contributed by atoms with van der Waals surface area (Å²) in [6.07, 6.45) is 0. The van der Waals surface area contributed by atoms with E-state index < -0.39 is 0 Å². The first-order valence-electron chi connectivity index (χ1n) is 7.29. The van der Waals surface area contributed by atoms with Crippen molar-refractivity contribution in [2.75, 3.05) is 18.5 Å². The molecule has 0 spiro atoms. The van der Waals surface area contributed by atoms with E-state index in [4.69, 9.17) is 16.3 Å². The lowest BCUT2D eigenvalue weighted by atomic mass is 9.98. The van der Waals surface area contributed by atoms with Crippen molar-refractivity contribution >= 4 is 17.3 Å². The summed E-state index contributed by atoms with van der Waals surface area (Å²) in [6.45, 7) is 7.93. The molecule has 0 aromatic heterocycles. The van der Waals surface area contributed by atoms with Crippen LogP contribution in [0.4, 0.5) is 5.69 Å². The zero-order valence-electron chi connectivity index (χ0n) is 12.8. The zero-order valence-corrected chi connectivity index (χ0v) is 13.6. The SMILES string of the molecule is Cc1cc(OCCNc2ccc(Cl)cc2)ccc1C(C)C. The van der Waals surface area contributed by atoms with Crippen LogP contribution in [0.15, 0.2) is 42.5 Å². The molecule has 0 aliphatic heterocycles. The topological polar surface area (TPSA) is 21.3 Å². The van der Waals surface area contributed by atoms with E-state index in [0.29, 0.717) is 12.5 Å². The normalized spacial score (nSPS) is 10.7. The van der Waals surface area contributed by atoms with Gasteiger partial charge >= 0.3 is 0 Å². The van der Waals surface area contributed by atoms with Gasteiger partial charge in [0, 0.05) is 17.3 Å². The molecule has 2 aromatic rings. The number of benzene rings is 2. The van der Waals surface area contributed by atoms with Crippen molar-refractivity contribution < 1.29 is 4.74 Å². The zero-order chi connectivity index (χ0) is 15.2. The molecule has 0 bridgehead atoms. The second-order valence-corrected chi connectivity index (χ2v) is 5.89. The van der Waals surface area contributed by atoms with Crippen LogP contribution in [-0.2, 0) is 0 Å². The lowest BCUT2D eigenvalue weighted by Crippen LogP contribution is -2.11. The van der Waals surface area contributed by atoms with Gasteiger partial charge in [-0.2, -0.15) is 0 Å². The lowest BCUT2D eigenvalue weighted by molar-refractivity contribution is 0.332. The van der Waals surface area contributed by atoms with E-state index in [-0.39, 0.29) is 0 Å². The third-order valence-electron chi connectivity index (χ3n) is 3.41. The maximum Gasteiger partial charge on any atom is 0.119 e. The van der Waals surface area contributed by atoms with Gasteiger partial charge in [0.2, 0.25) is 0 Å². The van der Waals surface area contributed by atoms with Gasteiger partial charge in [0.15, 0.2) is 0 Å². The molecule has 0 radical (unpaired) electrons. The Bertz CT molecular complexity index is 578. The summed E-state index contributed by atoms with van der Waals surface area (Å²) in [5.41, 5.74) is 3.71. The summed E-state index contributed by atoms with van der Waals surface area (Å²) < 4.78 is 5.78. The van der Waals surface area contributed by atoms with E-state index in [1.165, 1.54) is 11.1 Å². The van der Waals surface area contributed by atoms with Crippen molar-refractivity contribution in [3.63, 3.8) is 0 Å². The summed E-state index contributed by atoms with van der Waals surface area (Å²) in [4.78, 5) is 0. The van der Waals surface area contributed by atoms with Gasteiger partial charge in [-0.25, -0.2) is 0 Å². The van der Waals surface area contributed by atoms with Crippen LogP contribution in [0.5, 0.6) is 5.75 Å². The van der Waals surface area contributed by atoms with E-state index in [1.807, 2.05) is 30.3 Å². The molecule has 0 aliphatic carbocycles. The molecule has 0 heterocycles. The quantitative estimate of drug-likeness (QED) is 0.735. The molecule has 2 aromatic carbocycles. The molecule has 3 heteroatoms. The van der Waals surface area contributed by atoms with Crippen molar-refractivity contribution in [1.82, 2.24) is 0 Å². The summed E-state index contributed by atoms with van der Waals surface area (Å²) in [7, 11) is 0. The highest BCUT2D eigenvalue weighted by atomic mass is 35.5. The largest absolute Gasteiger partial charge is 0.492 e. The monoisotopic (exact) mass is 303 g/mol. The standard InChI is InChI=1S/C18H22ClNO/c1-13(2)18-9-8-17(12-14(18)3)21-11-10-20-16-6-4-15(19)5-7-16/h4-9,12-13,20H,10-11H2,1-3H3. The molecular formula is C18H22ClNO. The molecule has 2 nitrogen and oxygen atoms in total. The number of anilines is 1. The Morgan fingerprint density at radius 3 is 2.43 bits per heavy atom. The van der Waals surface area contributed by atoms with Crippen molar-refractivity contribution in [2.24, 2.45) is 0 Å². The third kappa shape index (κ3) is 4.68. The maximum absolute atomic E-state index is 5.85. The fraction of sp³-hybridized carbons (Fsp3) is 0.333. The fourth-order valence-corrected chi connectivity index (χ4v) is 2.44. The van der Waals surface area contributed by atoms with Crippen LogP contribution in [0, 0.1) is 6.92 Å². The molecule has 0 saturated carbocycles. The van der Waals surface area contributed by atoms with E-state index in [2.05, 4.69) is 38.2 Å². The summed E-state index contributed by atoms with van der Waals surface area (Å²) in [5.74, 6) is 1.47. The Balaban J connectivity index is 1.81. The number of hydrogen-bond donors (Lipinski definition) is 1. The van der Waals surface area contributed by atoms with Crippen LogP contribution in [0.25, 0.3) is 0 Å². The Hall–Kier alpha value is -1.67. The minimum atomic E-state index is 0.547. The predicted molar refractivity (Wildman–Crippen MR) is 90.7 cm³/mol. The number of aryl methyl sites for hydroxylation is 1. The first-order chi connectivity index (χ1) is 10.1. The number of ether oxygens (including phenoxy) is 1. The van der Waals surface area contributed by atoms with E-state index in [0.717, 1.165) is 23.0 Å². The van der Waals surface area contributed by atoms with Gasteiger partial charge in [0.25, 0.3) is 0 Å². The minimum absolute atomic E-state index is 0.547. The van der Waals surface area contributed by atoms with Crippen molar-refractivity contribution in [2.45, 2.75) is 26.7 Å². The van der Waals surface area contributed by atoms with Gasteiger partial charge in [-0.3, -0.25) is 0 Å². The Morgan fingerprint density at radius 1 is 1.10 bits per heavy atom. The van der Waals surface area contributed by atoms with Gasteiger partial charge < -0.3 is 10.1 Å². The van der Waals surface area contributed by atoms with Crippen LogP contribution in [-0.4, -0.2) is 13.2 Å². The van der Waals surface area contributed by atoms with Crippen LogP contribution in [0.2, 0.25) is 5.02 Å². The molecular weight excluding hydrogens is 282 g/mol. The third-order valence-corrected chi connectivity index (χ3v) is 3.66. The highest BCUT2D eigenvalue weighted by Crippen LogP contribution is 2.23. The second-order valence-electron chi connectivity index (χ2n) is 5.46. The highest BCUT2D eigenvalue weighted by Gasteiger charge is 2.04. The highest BCUT2D eigenvalue weighted by molar-refractivity contribution is 6.30. The average Bonchev–Trinajstić information content (AvgIpc) is 2.45. The second kappa shape index (κ2) is 7.37. The first kappa shape index (κ1) is 15.7. The molecule has 0 unspecified atom stereocenters. The van der Waals surface area contributed by atoms with Crippen molar-refractivity contribution in [1.29, 1.82) is 0 Å². The first-order valence-corrected chi connectivity index (χ1v) is 7.67. The molecule has 0 saturated heterocycles. The van der Waals surface area contributed by atoms with E-state index in [1.54, 1.807) is 0 Å². The Morgan fingerprint density at radius 2 is 1.81 bits per heavy atom. The molecule has 21 heavy (non-hydrogen) atoms. The number of hydrogen-bond acceptors (Lipinski definition) is 2. The summed E-state index contributed by atoms with van der Waals surface area (Å²) in [6, 6.07) is 14.0. The average molecular weight is 304 g/mol. The van der Waals surface area contributed by atoms with E-state index in [9.17, 15) is 0 Å². The van der Waals surface area contributed by atoms with E-state index >= 15 is 0 Å². The molecule has 0 fully saturated rings. The predicted octanol–water partition coefficient (Wildman–Crippen LogP) is 5.26. The summed E-state index contributed by atoms with van der Waals surface area (Å²) >= 11 is 5.85. The minimum Gasteiger partial charge on any atom is -0.492 e. The van der Waals surface area contributed by atoms with Crippen LogP contribution in [0.3, 0.4) is 0 Å². The smallest absolute Gasteiger partial charge is 0.119 e. The summed E-state index contributed by atoms with van der Waals surface area (Å²) in [5, 5.41) is 4.05. The van der Waals surface area contributed by atoms with Crippen molar-refractivity contribution in [3.8, 4) is 5.75 Å². The number of nitrogens with one attached hydrogen (secondary N) is 1. The molecule has 112 valence electrons. The Kier molecular flexibility index (Phi) is 5.51. The van der Waals surface area contributed by atoms with Gasteiger partial charge in [-0.15, -0.1) is 0 Å². The van der Waals surface area contributed by atoms with Gasteiger partial charge in [-0.05, 0) is 60.4 Å². The molecule has 0 amide bonds. The van der Waals surface area contributed by atoms with Crippen LogP contribution >= 0.6 is 11.6 Å². The van der Waals surface area contributed by atoms with Crippen molar-refractivity contribution in [3.05, 3.63) is 58.6 Å². The molecule has 2 rings (SSSR count). The molecule has 1 N–H and O–H groups in total. The van der Waals surface area contributed by atoms with Crippen LogP contribution < -0.4 is 10.1 Å². The van der Waals surface area contributed by atoms with Gasteiger partial charge in [0.05, 0.1) is 0 Å². The number of halogens is 1. The Labute approximate surface area is 132 Å². The lowest BCUT2D eigenvalue weighted by Gasteiger charge is -2.13. The molecule has 0 aliphatic rings. The van der Waals surface area contributed by atoms with Crippen LogP contribution in [0.1, 0.15) is 30.9 Å². The molecule has 0 atom stereocenters. The maximum atomic E-state index is 5.85. The van der Waals surface area contributed by atoms with Gasteiger partial charge in [-0.1, -0.05) is 31.5 Å². The fourth-order valence-electron chi connectivity index (χ4n) is 2.32.